The molecule has 0 radical (unpaired) electrons. The molecule has 0 spiro atoms. The second kappa shape index (κ2) is 5.57. The van der Waals surface area contributed by atoms with Crippen molar-refractivity contribution >= 4 is 11.9 Å². The third-order valence-electron chi connectivity index (χ3n) is 3.32. The first-order chi connectivity index (χ1) is 9.15. The Morgan fingerprint density at radius 3 is 2.84 bits per heavy atom. The standard InChI is InChI=1S/C15H15NO3/c1-2-3-8-13(17)16-10-9-11-6-4-5-7-12(11)14(16)15(18)19/h1,4-7,14H,3,8-10H2,(H,18,19). The minimum Gasteiger partial charge on any atom is -0.479 e. The largest absolute Gasteiger partial charge is 0.479 e. The number of nitrogens with zero attached hydrogens (tertiary/aromatic N) is 1. The molecule has 1 aliphatic heterocycles. The fraction of sp³-hybridized carbons (Fsp3) is 0.333. The molecule has 0 bridgehead atoms. The molecule has 98 valence electrons. The number of benzene rings is 1. The van der Waals surface area contributed by atoms with E-state index in [1.165, 1.54) is 4.90 Å². The number of fused-ring (bicyclic) bond motifs is 1. The number of amides is 1. The van der Waals surface area contributed by atoms with Crippen LogP contribution in [0.2, 0.25) is 0 Å². The van der Waals surface area contributed by atoms with E-state index in [1.807, 2.05) is 12.1 Å². The maximum Gasteiger partial charge on any atom is 0.331 e. The van der Waals surface area contributed by atoms with E-state index < -0.39 is 12.0 Å². The number of terminal acetylenes is 1. The van der Waals surface area contributed by atoms with Gasteiger partial charge in [-0.15, -0.1) is 12.3 Å². The molecule has 1 heterocycles. The van der Waals surface area contributed by atoms with E-state index in [2.05, 4.69) is 5.92 Å². The average molecular weight is 257 g/mol. The molecule has 1 aromatic carbocycles. The lowest BCUT2D eigenvalue weighted by Gasteiger charge is -2.34. The zero-order chi connectivity index (χ0) is 13.8. The van der Waals surface area contributed by atoms with Gasteiger partial charge < -0.3 is 10.0 Å². The second-order valence-corrected chi connectivity index (χ2v) is 4.48. The van der Waals surface area contributed by atoms with Gasteiger partial charge >= 0.3 is 5.97 Å². The molecule has 0 saturated carbocycles. The number of carbonyl (C=O) groups is 2. The van der Waals surface area contributed by atoms with Crippen LogP contribution in [-0.2, 0) is 16.0 Å². The van der Waals surface area contributed by atoms with Gasteiger partial charge in [-0.3, -0.25) is 4.79 Å². The van der Waals surface area contributed by atoms with E-state index in [0.29, 0.717) is 24.9 Å². The molecule has 1 aliphatic rings. The predicted molar refractivity (Wildman–Crippen MR) is 70.3 cm³/mol. The van der Waals surface area contributed by atoms with Crippen molar-refractivity contribution in [1.29, 1.82) is 0 Å². The van der Waals surface area contributed by atoms with Gasteiger partial charge in [0.15, 0.2) is 6.04 Å². The first kappa shape index (κ1) is 13.2. The summed E-state index contributed by atoms with van der Waals surface area (Å²) in [6.45, 7) is 0.428. The van der Waals surface area contributed by atoms with E-state index >= 15 is 0 Å². The quantitative estimate of drug-likeness (QED) is 0.837. The van der Waals surface area contributed by atoms with E-state index in [1.54, 1.807) is 12.1 Å². The van der Waals surface area contributed by atoms with Gasteiger partial charge in [0.25, 0.3) is 0 Å². The molecular formula is C15H15NO3. The van der Waals surface area contributed by atoms with Crippen molar-refractivity contribution in [3.8, 4) is 12.3 Å². The van der Waals surface area contributed by atoms with Crippen LogP contribution in [0.4, 0.5) is 0 Å². The van der Waals surface area contributed by atoms with Crippen molar-refractivity contribution < 1.29 is 14.7 Å². The first-order valence-electron chi connectivity index (χ1n) is 6.18. The Morgan fingerprint density at radius 2 is 2.16 bits per heavy atom. The molecule has 4 heteroatoms. The normalized spacial score (nSPS) is 17.4. The molecule has 0 saturated heterocycles. The van der Waals surface area contributed by atoms with Gasteiger partial charge in [0.05, 0.1) is 0 Å². The van der Waals surface area contributed by atoms with Crippen LogP contribution in [0.3, 0.4) is 0 Å². The summed E-state index contributed by atoms with van der Waals surface area (Å²) in [6.07, 6.45) is 6.36. The summed E-state index contributed by atoms with van der Waals surface area (Å²) in [7, 11) is 0. The summed E-state index contributed by atoms with van der Waals surface area (Å²) < 4.78 is 0. The zero-order valence-corrected chi connectivity index (χ0v) is 10.5. The maximum atomic E-state index is 12.0. The Hall–Kier alpha value is -2.28. The Morgan fingerprint density at radius 1 is 1.42 bits per heavy atom. The lowest BCUT2D eigenvalue weighted by Crippen LogP contribution is -2.43. The lowest BCUT2D eigenvalue weighted by molar-refractivity contribution is -0.151. The minimum absolute atomic E-state index is 0.195. The van der Waals surface area contributed by atoms with Crippen molar-refractivity contribution in [2.75, 3.05) is 6.54 Å². The van der Waals surface area contributed by atoms with Crippen LogP contribution in [0.25, 0.3) is 0 Å². The molecule has 0 aliphatic carbocycles. The third-order valence-corrected chi connectivity index (χ3v) is 3.32. The molecule has 4 nitrogen and oxygen atoms in total. The number of hydrogen-bond acceptors (Lipinski definition) is 2. The molecule has 1 amide bonds. The van der Waals surface area contributed by atoms with Gasteiger partial charge in [-0.1, -0.05) is 24.3 Å². The molecule has 2 rings (SSSR count). The molecule has 0 fully saturated rings. The van der Waals surface area contributed by atoms with E-state index in [0.717, 1.165) is 5.56 Å². The highest BCUT2D eigenvalue weighted by molar-refractivity contribution is 5.85. The topological polar surface area (TPSA) is 57.6 Å². The summed E-state index contributed by atoms with van der Waals surface area (Å²) in [6, 6.07) is 6.47. The number of hydrogen-bond donors (Lipinski definition) is 1. The molecule has 1 N–H and O–H groups in total. The maximum absolute atomic E-state index is 12.0. The zero-order valence-electron chi connectivity index (χ0n) is 10.5. The van der Waals surface area contributed by atoms with Gasteiger partial charge in [0.2, 0.25) is 5.91 Å². The van der Waals surface area contributed by atoms with Crippen molar-refractivity contribution in [3.05, 3.63) is 35.4 Å². The van der Waals surface area contributed by atoms with Gasteiger partial charge in [0.1, 0.15) is 0 Å². The minimum atomic E-state index is -0.999. The molecule has 1 atom stereocenters. The fourth-order valence-corrected chi connectivity index (χ4v) is 2.42. The molecule has 19 heavy (non-hydrogen) atoms. The number of aliphatic carboxylic acids is 1. The molecule has 1 unspecified atom stereocenters. The van der Waals surface area contributed by atoms with Crippen molar-refractivity contribution in [3.63, 3.8) is 0 Å². The predicted octanol–water partition coefficient (Wildman–Crippen LogP) is 1.61. The lowest BCUT2D eigenvalue weighted by atomic mass is 9.92. The SMILES string of the molecule is C#CCCC(=O)N1CCc2ccccc2C1C(=O)O. The number of rotatable bonds is 3. The number of carbonyl (C=O) groups excluding carboxylic acids is 1. The summed E-state index contributed by atoms with van der Waals surface area (Å²) in [5.41, 5.74) is 1.70. The highest BCUT2D eigenvalue weighted by Gasteiger charge is 2.35. The highest BCUT2D eigenvalue weighted by Crippen LogP contribution is 2.30. The first-order valence-corrected chi connectivity index (χ1v) is 6.18. The monoisotopic (exact) mass is 257 g/mol. The molecular weight excluding hydrogens is 242 g/mol. The van der Waals surface area contributed by atoms with Crippen LogP contribution in [0.5, 0.6) is 0 Å². The van der Waals surface area contributed by atoms with Crippen LogP contribution < -0.4 is 0 Å². The second-order valence-electron chi connectivity index (χ2n) is 4.48. The molecule has 1 aromatic rings. The van der Waals surface area contributed by atoms with E-state index in [-0.39, 0.29) is 12.3 Å². The van der Waals surface area contributed by atoms with Gasteiger partial charge in [-0.2, -0.15) is 0 Å². The Balaban J connectivity index is 2.30. The Kier molecular flexibility index (Phi) is 3.86. The highest BCUT2D eigenvalue weighted by atomic mass is 16.4. The van der Waals surface area contributed by atoms with E-state index in [4.69, 9.17) is 6.42 Å². The number of carboxylic acids is 1. The van der Waals surface area contributed by atoms with Crippen LogP contribution in [0.1, 0.15) is 30.0 Å². The summed E-state index contributed by atoms with van der Waals surface area (Å²) >= 11 is 0. The summed E-state index contributed by atoms with van der Waals surface area (Å²) in [5.74, 6) is 1.21. The molecule has 0 aromatic heterocycles. The summed E-state index contributed by atoms with van der Waals surface area (Å²) in [5, 5.41) is 9.40. The third kappa shape index (κ3) is 2.60. The Bertz CT molecular complexity index is 545. The van der Waals surface area contributed by atoms with Crippen molar-refractivity contribution in [2.24, 2.45) is 0 Å². The number of carboxylic acid groups (broad SMARTS) is 1. The van der Waals surface area contributed by atoms with Crippen LogP contribution in [0, 0.1) is 12.3 Å². The Labute approximate surface area is 112 Å². The van der Waals surface area contributed by atoms with Crippen LogP contribution in [-0.4, -0.2) is 28.4 Å². The fourth-order valence-electron chi connectivity index (χ4n) is 2.42. The van der Waals surface area contributed by atoms with E-state index in [9.17, 15) is 14.7 Å². The van der Waals surface area contributed by atoms with Crippen molar-refractivity contribution in [2.45, 2.75) is 25.3 Å². The van der Waals surface area contributed by atoms with Gasteiger partial charge in [-0.05, 0) is 17.5 Å². The smallest absolute Gasteiger partial charge is 0.331 e. The average Bonchev–Trinajstić information content (AvgIpc) is 2.43. The van der Waals surface area contributed by atoms with Crippen LogP contribution in [0.15, 0.2) is 24.3 Å². The van der Waals surface area contributed by atoms with Gasteiger partial charge in [-0.25, -0.2) is 4.79 Å². The van der Waals surface area contributed by atoms with Crippen molar-refractivity contribution in [1.82, 2.24) is 4.90 Å². The van der Waals surface area contributed by atoms with Gasteiger partial charge in [0, 0.05) is 19.4 Å². The summed E-state index contributed by atoms with van der Waals surface area (Å²) in [4.78, 5) is 24.9. The van der Waals surface area contributed by atoms with Crippen LogP contribution >= 0.6 is 0 Å².